The normalized spacial score (nSPS) is 31.6. The summed E-state index contributed by atoms with van der Waals surface area (Å²) in [6.07, 6.45) is -7.35. The third-order valence-corrected chi connectivity index (χ3v) is 3.40. The highest BCUT2D eigenvalue weighted by Crippen LogP contribution is 2.23. The molecule has 0 aromatic heterocycles. The van der Waals surface area contributed by atoms with Crippen LogP contribution in [-0.4, -0.2) is 70.8 Å². The van der Waals surface area contributed by atoms with Gasteiger partial charge in [0.05, 0.1) is 19.3 Å². The highest BCUT2D eigenvalue weighted by atomic mass is 16.7. The van der Waals surface area contributed by atoms with Crippen molar-refractivity contribution in [3.05, 3.63) is 29.8 Å². The quantitative estimate of drug-likeness (QED) is 0.503. The number of carbonyl (C=O) groups is 1. The number of methoxy groups -OCH3 is 1. The van der Waals surface area contributed by atoms with E-state index in [0.29, 0.717) is 5.75 Å². The van der Waals surface area contributed by atoms with E-state index >= 15 is 0 Å². The number of rotatable bonds is 4. The van der Waals surface area contributed by atoms with Crippen molar-refractivity contribution in [2.45, 2.75) is 30.7 Å². The molecular weight excluding hydrogens is 296 g/mol. The standard InChI is InChI=1S/C14H18O8/c1-20-8-4-2-7(3-5-8)13(19)22-14-12(18)11(17)10(16)9(6-15)21-14/h2-5,9-12,14-18H,6H2,1H3/t9-,10-,11+,12-,14+/m1/s1. The van der Waals surface area contributed by atoms with Gasteiger partial charge in [-0.3, -0.25) is 0 Å². The predicted molar refractivity (Wildman–Crippen MR) is 72.2 cm³/mol. The van der Waals surface area contributed by atoms with Gasteiger partial charge in [-0.2, -0.15) is 0 Å². The molecule has 8 heteroatoms. The summed E-state index contributed by atoms with van der Waals surface area (Å²) in [5, 5.41) is 38.1. The van der Waals surface area contributed by atoms with Crippen LogP contribution in [0.3, 0.4) is 0 Å². The third-order valence-electron chi connectivity index (χ3n) is 3.40. The van der Waals surface area contributed by atoms with E-state index in [-0.39, 0.29) is 5.56 Å². The molecular formula is C14H18O8. The Morgan fingerprint density at radius 1 is 1.14 bits per heavy atom. The first-order valence-corrected chi connectivity index (χ1v) is 6.63. The minimum absolute atomic E-state index is 0.192. The van der Waals surface area contributed by atoms with Crippen molar-refractivity contribution in [2.75, 3.05) is 13.7 Å². The Morgan fingerprint density at radius 2 is 1.77 bits per heavy atom. The van der Waals surface area contributed by atoms with Crippen molar-refractivity contribution in [3.63, 3.8) is 0 Å². The fraction of sp³-hybridized carbons (Fsp3) is 0.500. The molecule has 1 heterocycles. The summed E-state index contributed by atoms with van der Waals surface area (Å²) in [6, 6.07) is 6.05. The molecule has 0 amide bonds. The van der Waals surface area contributed by atoms with Crippen LogP contribution in [0.2, 0.25) is 0 Å². The van der Waals surface area contributed by atoms with Crippen LogP contribution in [0.1, 0.15) is 10.4 Å². The Hall–Kier alpha value is -1.71. The number of aliphatic hydroxyl groups is 4. The number of ether oxygens (including phenoxy) is 3. The summed E-state index contributed by atoms with van der Waals surface area (Å²) in [6.45, 7) is -0.596. The van der Waals surface area contributed by atoms with Crippen LogP contribution in [0.25, 0.3) is 0 Å². The Bertz CT molecular complexity index is 500. The summed E-state index contributed by atoms with van der Waals surface area (Å²) in [7, 11) is 1.49. The largest absolute Gasteiger partial charge is 0.497 e. The summed E-state index contributed by atoms with van der Waals surface area (Å²) >= 11 is 0. The summed E-state index contributed by atoms with van der Waals surface area (Å²) < 4.78 is 15.0. The number of hydrogen-bond acceptors (Lipinski definition) is 8. The van der Waals surface area contributed by atoms with E-state index in [1.807, 2.05) is 0 Å². The smallest absolute Gasteiger partial charge is 0.340 e. The molecule has 1 fully saturated rings. The van der Waals surface area contributed by atoms with Crippen LogP contribution in [0, 0.1) is 0 Å². The lowest BCUT2D eigenvalue weighted by atomic mass is 9.99. The van der Waals surface area contributed by atoms with Gasteiger partial charge in [-0.05, 0) is 24.3 Å². The van der Waals surface area contributed by atoms with Crippen LogP contribution in [0.4, 0.5) is 0 Å². The van der Waals surface area contributed by atoms with Gasteiger partial charge in [0.25, 0.3) is 0 Å². The van der Waals surface area contributed by atoms with E-state index in [1.54, 1.807) is 12.1 Å². The zero-order valence-corrected chi connectivity index (χ0v) is 11.8. The first-order chi connectivity index (χ1) is 10.5. The monoisotopic (exact) mass is 314 g/mol. The molecule has 8 nitrogen and oxygen atoms in total. The second-order valence-electron chi connectivity index (χ2n) is 4.83. The zero-order valence-electron chi connectivity index (χ0n) is 11.8. The Balaban J connectivity index is 2.06. The van der Waals surface area contributed by atoms with E-state index in [1.165, 1.54) is 19.2 Å². The first-order valence-electron chi connectivity index (χ1n) is 6.63. The van der Waals surface area contributed by atoms with Gasteiger partial charge in [-0.25, -0.2) is 4.79 Å². The average molecular weight is 314 g/mol. The van der Waals surface area contributed by atoms with E-state index in [9.17, 15) is 20.1 Å². The minimum Gasteiger partial charge on any atom is -0.497 e. The minimum atomic E-state index is -1.63. The van der Waals surface area contributed by atoms with Gasteiger partial charge in [0.2, 0.25) is 6.29 Å². The lowest BCUT2D eigenvalue weighted by Crippen LogP contribution is -2.59. The van der Waals surface area contributed by atoms with Gasteiger partial charge >= 0.3 is 5.97 Å². The van der Waals surface area contributed by atoms with Gasteiger partial charge in [-0.15, -0.1) is 0 Å². The molecule has 1 aromatic rings. The maximum atomic E-state index is 12.0. The molecule has 1 aliphatic rings. The van der Waals surface area contributed by atoms with Crippen LogP contribution < -0.4 is 4.74 Å². The maximum Gasteiger partial charge on any atom is 0.340 e. The van der Waals surface area contributed by atoms with Crippen molar-refractivity contribution in [2.24, 2.45) is 0 Å². The van der Waals surface area contributed by atoms with Gasteiger partial charge in [0.1, 0.15) is 30.2 Å². The molecule has 1 aliphatic heterocycles. The molecule has 1 aromatic carbocycles. The lowest BCUT2D eigenvalue weighted by molar-refractivity contribution is -0.285. The van der Waals surface area contributed by atoms with Crippen molar-refractivity contribution >= 4 is 5.97 Å². The van der Waals surface area contributed by atoms with E-state index in [0.717, 1.165) is 0 Å². The SMILES string of the molecule is COc1ccc(C(=O)O[C@@H]2O[C@H](CO)[C@@H](O)[C@H](O)[C@H]2O)cc1. The number of aliphatic hydroxyl groups excluding tert-OH is 4. The first kappa shape index (κ1) is 16.7. The zero-order chi connectivity index (χ0) is 16.3. The highest BCUT2D eigenvalue weighted by molar-refractivity contribution is 5.89. The van der Waals surface area contributed by atoms with Gasteiger partial charge in [-0.1, -0.05) is 0 Å². The molecule has 2 rings (SSSR count). The number of esters is 1. The van der Waals surface area contributed by atoms with Gasteiger partial charge in [0, 0.05) is 0 Å². The topological polar surface area (TPSA) is 126 Å². The molecule has 0 aliphatic carbocycles. The summed E-state index contributed by atoms with van der Waals surface area (Å²) in [4.78, 5) is 12.0. The van der Waals surface area contributed by atoms with Crippen molar-refractivity contribution in [3.8, 4) is 5.75 Å². The molecule has 22 heavy (non-hydrogen) atoms. The fourth-order valence-electron chi connectivity index (χ4n) is 2.07. The predicted octanol–water partition coefficient (Wildman–Crippen LogP) is -1.35. The van der Waals surface area contributed by atoms with Crippen molar-refractivity contribution in [1.29, 1.82) is 0 Å². The van der Waals surface area contributed by atoms with Crippen LogP contribution >= 0.6 is 0 Å². The second kappa shape index (κ2) is 7.03. The molecule has 0 bridgehead atoms. The average Bonchev–Trinajstić information content (AvgIpc) is 2.55. The lowest BCUT2D eigenvalue weighted by Gasteiger charge is -2.39. The van der Waals surface area contributed by atoms with Crippen molar-refractivity contribution in [1.82, 2.24) is 0 Å². The molecule has 5 atom stereocenters. The van der Waals surface area contributed by atoms with E-state index in [2.05, 4.69) is 0 Å². The maximum absolute atomic E-state index is 12.0. The third kappa shape index (κ3) is 3.37. The molecule has 0 radical (unpaired) electrons. The Morgan fingerprint density at radius 3 is 2.32 bits per heavy atom. The van der Waals surface area contributed by atoms with Gasteiger partial charge < -0.3 is 34.6 Å². The second-order valence-corrected chi connectivity index (χ2v) is 4.83. The van der Waals surface area contributed by atoms with Crippen molar-refractivity contribution < 1.29 is 39.4 Å². The summed E-state index contributed by atoms with van der Waals surface area (Å²) in [5.41, 5.74) is 0.192. The van der Waals surface area contributed by atoms with Crippen LogP contribution in [-0.2, 0) is 9.47 Å². The fourth-order valence-corrected chi connectivity index (χ4v) is 2.07. The summed E-state index contributed by atoms with van der Waals surface area (Å²) in [5.74, 6) is -0.226. The van der Waals surface area contributed by atoms with E-state index in [4.69, 9.17) is 19.3 Å². The Kier molecular flexibility index (Phi) is 5.33. The molecule has 0 unspecified atom stereocenters. The molecule has 1 saturated heterocycles. The molecule has 0 spiro atoms. The number of benzene rings is 1. The molecule has 4 N–H and O–H groups in total. The van der Waals surface area contributed by atoms with Crippen LogP contribution in [0.15, 0.2) is 24.3 Å². The molecule has 0 saturated carbocycles. The number of hydrogen-bond donors (Lipinski definition) is 4. The van der Waals surface area contributed by atoms with Gasteiger partial charge in [0.15, 0.2) is 0 Å². The Labute approximate surface area is 126 Å². The van der Waals surface area contributed by atoms with E-state index < -0.39 is 43.3 Å². The highest BCUT2D eigenvalue weighted by Gasteiger charge is 2.45. The molecule has 122 valence electrons. The number of carbonyl (C=O) groups excluding carboxylic acids is 1. The van der Waals surface area contributed by atoms with Crippen LogP contribution in [0.5, 0.6) is 5.75 Å².